The summed E-state index contributed by atoms with van der Waals surface area (Å²) in [7, 11) is 3.20. The van der Waals surface area contributed by atoms with Gasteiger partial charge < -0.3 is 29.9 Å². The predicted octanol–water partition coefficient (Wildman–Crippen LogP) is 3.34. The molecule has 41 heavy (non-hydrogen) atoms. The van der Waals surface area contributed by atoms with Gasteiger partial charge in [-0.15, -0.1) is 0 Å². The second kappa shape index (κ2) is 14.3. The van der Waals surface area contributed by atoms with Gasteiger partial charge in [0, 0.05) is 51.2 Å². The molecule has 0 bridgehead atoms. The van der Waals surface area contributed by atoms with Crippen LogP contribution in [0.1, 0.15) is 51.1 Å². The summed E-state index contributed by atoms with van der Waals surface area (Å²) in [5.41, 5.74) is 0.944. The van der Waals surface area contributed by atoms with Gasteiger partial charge in [-0.2, -0.15) is 4.98 Å². The Kier molecular flexibility index (Phi) is 10.4. The molecule has 2 unspecified atom stereocenters. The van der Waals surface area contributed by atoms with Crippen molar-refractivity contribution in [2.45, 2.75) is 51.6 Å². The van der Waals surface area contributed by atoms with Gasteiger partial charge in [0.15, 0.2) is 11.5 Å². The van der Waals surface area contributed by atoms with Crippen molar-refractivity contribution in [2.24, 2.45) is 0 Å². The number of hydrogen-bond donors (Lipinski definition) is 2. The zero-order valence-electron chi connectivity index (χ0n) is 24.2. The first-order valence-electron chi connectivity index (χ1n) is 14.1. The highest BCUT2D eigenvalue weighted by Crippen LogP contribution is 2.31. The van der Waals surface area contributed by atoms with E-state index in [1.807, 2.05) is 31.2 Å². The second-order valence-electron chi connectivity index (χ2n) is 9.94. The molecular weight excluding hydrogens is 524 g/mol. The van der Waals surface area contributed by atoms with Gasteiger partial charge in [0.1, 0.15) is 12.1 Å². The van der Waals surface area contributed by atoms with Crippen molar-refractivity contribution in [3.8, 4) is 17.4 Å². The van der Waals surface area contributed by atoms with E-state index in [-0.39, 0.29) is 30.4 Å². The molecule has 1 aromatic carbocycles. The number of nitrogens with one attached hydrogen (secondary N) is 2. The summed E-state index contributed by atoms with van der Waals surface area (Å²) < 4.78 is 12.6. The maximum atomic E-state index is 13.6. The largest absolute Gasteiger partial charge is 0.493 e. The fourth-order valence-electron chi connectivity index (χ4n) is 5.01. The third-order valence-corrected chi connectivity index (χ3v) is 7.10. The normalized spacial score (nSPS) is 15.8. The summed E-state index contributed by atoms with van der Waals surface area (Å²) in [5, 5.41) is 6.19. The maximum Gasteiger partial charge on any atom is 0.317 e. The second-order valence-corrected chi connectivity index (χ2v) is 9.94. The average molecular weight is 565 g/mol. The molecule has 3 heterocycles. The van der Waals surface area contributed by atoms with E-state index in [0.29, 0.717) is 49.4 Å². The molecule has 3 amide bonds. The standard InChI is InChI=1S/C29H40N8O4/c1-5-7-23(21-8-9-24(40-3)25(17-21)41-4)33-27(38)18-22-19-35(29(39)32-11-6-2)15-16-37(22)26-10-12-31-28(34-26)36-14-13-30-20-36/h8-10,12-14,17,20,22-23H,5-7,11,15-16,18-19H2,1-4H3,(H,32,39)(H,33,38). The van der Waals surface area contributed by atoms with E-state index >= 15 is 0 Å². The van der Waals surface area contributed by atoms with Gasteiger partial charge >= 0.3 is 6.03 Å². The molecule has 1 fully saturated rings. The molecule has 2 atom stereocenters. The van der Waals surface area contributed by atoms with Crippen LogP contribution in [0.15, 0.2) is 49.2 Å². The number of nitrogens with zero attached hydrogens (tertiary/aromatic N) is 6. The first kappa shape index (κ1) is 29.6. The van der Waals surface area contributed by atoms with Crippen molar-refractivity contribution >= 4 is 17.8 Å². The van der Waals surface area contributed by atoms with E-state index in [1.165, 1.54) is 0 Å². The Labute approximate surface area is 241 Å². The van der Waals surface area contributed by atoms with Crippen molar-refractivity contribution in [1.29, 1.82) is 0 Å². The lowest BCUT2D eigenvalue weighted by Gasteiger charge is -2.42. The van der Waals surface area contributed by atoms with E-state index in [4.69, 9.17) is 14.5 Å². The lowest BCUT2D eigenvalue weighted by Crippen LogP contribution is -2.58. The molecule has 12 heteroatoms. The summed E-state index contributed by atoms with van der Waals surface area (Å²) in [6.07, 6.45) is 9.48. The summed E-state index contributed by atoms with van der Waals surface area (Å²) >= 11 is 0. The number of amides is 3. The maximum absolute atomic E-state index is 13.6. The van der Waals surface area contributed by atoms with Crippen LogP contribution < -0.4 is 25.0 Å². The number of aromatic nitrogens is 4. The smallest absolute Gasteiger partial charge is 0.317 e. The van der Waals surface area contributed by atoms with E-state index in [0.717, 1.165) is 24.8 Å². The minimum atomic E-state index is -0.283. The highest BCUT2D eigenvalue weighted by molar-refractivity contribution is 5.79. The summed E-state index contributed by atoms with van der Waals surface area (Å²) in [6.45, 7) is 6.15. The van der Waals surface area contributed by atoms with E-state index in [9.17, 15) is 9.59 Å². The topological polar surface area (TPSA) is 127 Å². The molecule has 2 N–H and O–H groups in total. The fourth-order valence-corrected chi connectivity index (χ4v) is 5.01. The number of hydrogen-bond acceptors (Lipinski definition) is 8. The van der Waals surface area contributed by atoms with Gasteiger partial charge in [-0.05, 0) is 36.6 Å². The molecule has 1 aliphatic rings. The van der Waals surface area contributed by atoms with Crippen LogP contribution >= 0.6 is 0 Å². The number of carbonyl (C=O) groups is 2. The Balaban J connectivity index is 1.55. The molecule has 1 aliphatic heterocycles. The highest BCUT2D eigenvalue weighted by Gasteiger charge is 2.32. The number of rotatable bonds is 12. The molecule has 12 nitrogen and oxygen atoms in total. The van der Waals surface area contributed by atoms with Crippen LogP contribution in [0.2, 0.25) is 0 Å². The number of anilines is 1. The van der Waals surface area contributed by atoms with Crippen molar-refractivity contribution in [3.05, 3.63) is 54.7 Å². The Morgan fingerprint density at radius 2 is 1.90 bits per heavy atom. The molecule has 0 aliphatic carbocycles. The molecule has 0 saturated carbocycles. The molecular formula is C29H40N8O4. The first-order chi connectivity index (χ1) is 20.0. The van der Waals surface area contributed by atoms with Crippen LogP contribution in [0.25, 0.3) is 5.95 Å². The van der Waals surface area contributed by atoms with Crippen LogP contribution in [0.5, 0.6) is 11.5 Å². The number of carbonyl (C=O) groups excluding carboxylic acids is 2. The van der Waals surface area contributed by atoms with Gasteiger partial charge in [-0.25, -0.2) is 14.8 Å². The zero-order valence-corrected chi connectivity index (χ0v) is 24.2. The van der Waals surface area contributed by atoms with Gasteiger partial charge in [-0.1, -0.05) is 26.3 Å². The van der Waals surface area contributed by atoms with Crippen LogP contribution in [-0.4, -0.2) is 82.8 Å². The Morgan fingerprint density at radius 3 is 2.61 bits per heavy atom. The predicted molar refractivity (Wildman–Crippen MR) is 156 cm³/mol. The van der Waals surface area contributed by atoms with E-state index in [1.54, 1.807) is 48.6 Å². The summed E-state index contributed by atoms with van der Waals surface area (Å²) in [5.74, 6) is 2.33. The fraction of sp³-hybridized carbons (Fsp3) is 0.483. The Bertz CT molecular complexity index is 1290. The monoisotopic (exact) mass is 564 g/mol. The Morgan fingerprint density at radius 1 is 1.07 bits per heavy atom. The summed E-state index contributed by atoms with van der Waals surface area (Å²) in [6, 6.07) is 6.95. The Hall–Kier alpha value is -4.35. The van der Waals surface area contributed by atoms with Gasteiger partial charge in [0.25, 0.3) is 0 Å². The number of ether oxygens (including phenoxy) is 2. The van der Waals surface area contributed by atoms with E-state index < -0.39 is 0 Å². The average Bonchev–Trinajstić information content (AvgIpc) is 3.54. The molecule has 0 radical (unpaired) electrons. The van der Waals surface area contributed by atoms with Gasteiger partial charge in [0.05, 0.1) is 26.3 Å². The zero-order chi connectivity index (χ0) is 29.2. The molecule has 0 spiro atoms. The minimum Gasteiger partial charge on any atom is -0.493 e. The molecule has 1 saturated heterocycles. The number of benzene rings is 1. The van der Waals surface area contributed by atoms with Crippen molar-refractivity contribution in [1.82, 2.24) is 35.1 Å². The minimum absolute atomic E-state index is 0.104. The third-order valence-electron chi connectivity index (χ3n) is 7.10. The quantitative estimate of drug-likeness (QED) is 0.343. The summed E-state index contributed by atoms with van der Waals surface area (Å²) in [4.78, 5) is 43.5. The number of methoxy groups -OCH3 is 2. The van der Waals surface area contributed by atoms with Crippen molar-refractivity contribution < 1.29 is 19.1 Å². The van der Waals surface area contributed by atoms with Gasteiger partial charge in [0.2, 0.25) is 11.9 Å². The van der Waals surface area contributed by atoms with E-state index in [2.05, 4.69) is 32.4 Å². The number of imidazole rings is 1. The van der Waals surface area contributed by atoms with Crippen LogP contribution in [0.3, 0.4) is 0 Å². The van der Waals surface area contributed by atoms with Crippen LogP contribution in [0.4, 0.5) is 10.6 Å². The molecule has 2 aromatic heterocycles. The van der Waals surface area contributed by atoms with Crippen LogP contribution in [-0.2, 0) is 4.79 Å². The van der Waals surface area contributed by atoms with Crippen molar-refractivity contribution in [2.75, 3.05) is 45.3 Å². The lowest BCUT2D eigenvalue weighted by atomic mass is 10.0. The van der Waals surface area contributed by atoms with Crippen LogP contribution in [0, 0.1) is 0 Å². The first-order valence-corrected chi connectivity index (χ1v) is 14.1. The molecule has 4 rings (SSSR count). The van der Waals surface area contributed by atoms with Gasteiger partial charge in [-0.3, -0.25) is 9.36 Å². The number of urea groups is 1. The highest BCUT2D eigenvalue weighted by atomic mass is 16.5. The SMILES string of the molecule is CCCNC(=O)N1CCN(c2ccnc(-n3ccnc3)n2)C(CC(=O)NC(CCC)c2ccc(OC)c(OC)c2)C1. The lowest BCUT2D eigenvalue weighted by molar-refractivity contribution is -0.122. The third kappa shape index (κ3) is 7.44. The van der Waals surface area contributed by atoms with Crippen molar-refractivity contribution in [3.63, 3.8) is 0 Å². The molecule has 220 valence electrons. The number of piperazine rings is 1. The molecule has 3 aromatic rings.